The highest BCUT2D eigenvalue weighted by molar-refractivity contribution is 5.33. The molecule has 17 heavy (non-hydrogen) atoms. The number of nitrogen functional groups attached to an aromatic ring is 1. The largest absolute Gasteiger partial charge is 0.467 e. The smallest absolute Gasteiger partial charge is 0.322 e. The summed E-state index contributed by atoms with van der Waals surface area (Å²) in [7, 11) is 1.50. The average molecular weight is 239 g/mol. The molecule has 1 aromatic rings. The first-order valence-corrected chi connectivity index (χ1v) is 5.97. The number of methoxy groups -OCH3 is 1. The van der Waals surface area contributed by atoms with Gasteiger partial charge in [-0.2, -0.15) is 15.0 Å². The third-order valence-corrected chi connectivity index (χ3v) is 2.43. The summed E-state index contributed by atoms with van der Waals surface area (Å²) in [5.74, 6) is 0.637. The Morgan fingerprint density at radius 2 is 2.06 bits per heavy atom. The van der Waals surface area contributed by atoms with Crippen LogP contribution in [0.1, 0.15) is 39.5 Å². The number of ether oxygens (including phenoxy) is 1. The van der Waals surface area contributed by atoms with E-state index in [1.807, 2.05) is 0 Å². The number of nitrogens with one attached hydrogen (secondary N) is 1. The first-order chi connectivity index (χ1) is 8.15. The summed E-state index contributed by atoms with van der Waals surface area (Å²) in [6.07, 6.45) is 4.75. The minimum atomic E-state index is 0.167. The molecule has 3 N–H and O–H groups in total. The van der Waals surface area contributed by atoms with Crippen molar-refractivity contribution < 1.29 is 4.74 Å². The van der Waals surface area contributed by atoms with Crippen LogP contribution in [0.15, 0.2) is 0 Å². The molecule has 0 aliphatic heterocycles. The molecular formula is C11H21N5O. The zero-order valence-corrected chi connectivity index (χ0v) is 10.7. The summed E-state index contributed by atoms with van der Waals surface area (Å²) in [5, 5.41) is 3.19. The summed E-state index contributed by atoms with van der Waals surface area (Å²) in [4.78, 5) is 11.9. The van der Waals surface area contributed by atoms with Crippen molar-refractivity contribution in [3.63, 3.8) is 0 Å². The van der Waals surface area contributed by atoms with Crippen LogP contribution >= 0.6 is 0 Å². The Hall–Kier alpha value is -1.59. The van der Waals surface area contributed by atoms with Crippen molar-refractivity contribution in [3.8, 4) is 6.01 Å². The van der Waals surface area contributed by atoms with E-state index in [1.54, 1.807) is 0 Å². The lowest BCUT2D eigenvalue weighted by Gasteiger charge is -2.13. The Kier molecular flexibility index (Phi) is 5.45. The minimum absolute atomic E-state index is 0.167. The van der Waals surface area contributed by atoms with E-state index in [4.69, 9.17) is 10.5 Å². The van der Waals surface area contributed by atoms with Gasteiger partial charge in [-0.3, -0.25) is 0 Å². The van der Waals surface area contributed by atoms with E-state index in [0.29, 0.717) is 12.0 Å². The molecule has 6 heteroatoms. The number of aromatic nitrogens is 3. The van der Waals surface area contributed by atoms with Crippen molar-refractivity contribution in [1.29, 1.82) is 0 Å². The summed E-state index contributed by atoms with van der Waals surface area (Å²) in [5.41, 5.74) is 5.55. The van der Waals surface area contributed by atoms with Gasteiger partial charge in [0, 0.05) is 6.04 Å². The predicted octanol–water partition coefficient (Wildman–Crippen LogP) is 1.84. The molecule has 0 saturated carbocycles. The second-order valence-corrected chi connectivity index (χ2v) is 4.05. The third kappa shape index (κ3) is 4.84. The minimum Gasteiger partial charge on any atom is -0.467 e. The molecule has 1 heterocycles. The molecule has 0 amide bonds. The van der Waals surface area contributed by atoms with Crippen molar-refractivity contribution in [2.24, 2.45) is 0 Å². The molecular weight excluding hydrogens is 218 g/mol. The molecule has 0 spiro atoms. The fourth-order valence-corrected chi connectivity index (χ4v) is 1.52. The molecule has 0 bridgehead atoms. The summed E-state index contributed by atoms with van der Waals surface area (Å²) >= 11 is 0. The molecule has 0 saturated heterocycles. The predicted molar refractivity (Wildman–Crippen MR) is 68.0 cm³/mol. The quantitative estimate of drug-likeness (QED) is 0.706. The van der Waals surface area contributed by atoms with Gasteiger partial charge >= 0.3 is 6.01 Å². The fraction of sp³-hybridized carbons (Fsp3) is 0.727. The van der Waals surface area contributed by atoms with Crippen LogP contribution in [0, 0.1) is 0 Å². The zero-order valence-electron chi connectivity index (χ0n) is 10.7. The molecule has 1 rings (SSSR count). The maximum absolute atomic E-state index is 5.55. The van der Waals surface area contributed by atoms with Crippen molar-refractivity contribution in [1.82, 2.24) is 15.0 Å². The first kappa shape index (κ1) is 13.5. The summed E-state index contributed by atoms with van der Waals surface area (Å²) in [6, 6.07) is 0.550. The van der Waals surface area contributed by atoms with Gasteiger partial charge in [-0.05, 0) is 13.3 Å². The van der Waals surface area contributed by atoms with Crippen LogP contribution in [0.4, 0.5) is 11.9 Å². The van der Waals surface area contributed by atoms with Crippen LogP contribution in [0.2, 0.25) is 0 Å². The molecule has 6 nitrogen and oxygen atoms in total. The van der Waals surface area contributed by atoms with Crippen LogP contribution in [0.25, 0.3) is 0 Å². The van der Waals surface area contributed by atoms with E-state index < -0.39 is 0 Å². The number of rotatable bonds is 7. The summed E-state index contributed by atoms with van der Waals surface area (Å²) < 4.78 is 4.93. The van der Waals surface area contributed by atoms with Crippen LogP contribution in [-0.2, 0) is 0 Å². The van der Waals surface area contributed by atoms with Gasteiger partial charge in [-0.1, -0.05) is 26.2 Å². The monoisotopic (exact) mass is 239 g/mol. The lowest BCUT2D eigenvalue weighted by molar-refractivity contribution is 0.379. The average Bonchev–Trinajstić information content (AvgIpc) is 2.28. The topological polar surface area (TPSA) is 86.0 Å². The molecule has 0 fully saturated rings. The van der Waals surface area contributed by atoms with Crippen molar-refractivity contribution in [2.45, 2.75) is 45.6 Å². The Balaban J connectivity index is 2.52. The van der Waals surface area contributed by atoms with Crippen LogP contribution in [-0.4, -0.2) is 28.1 Å². The maximum atomic E-state index is 5.55. The third-order valence-electron chi connectivity index (χ3n) is 2.43. The lowest BCUT2D eigenvalue weighted by Crippen LogP contribution is -2.18. The standard InChI is InChI=1S/C11H21N5O/c1-4-5-6-7-8(2)13-10-14-9(12)15-11(16-10)17-3/h8H,4-7H2,1-3H3,(H3,12,13,14,15,16). The van der Waals surface area contributed by atoms with E-state index in [1.165, 1.54) is 26.4 Å². The Morgan fingerprint density at radius 3 is 2.71 bits per heavy atom. The number of unbranched alkanes of at least 4 members (excludes halogenated alkanes) is 2. The molecule has 0 aliphatic carbocycles. The second kappa shape index (κ2) is 6.88. The van der Waals surface area contributed by atoms with Gasteiger partial charge in [0.15, 0.2) is 0 Å². The Labute approximate surface area is 102 Å². The molecule has 1 unspecified atom stereocenters. The highest BCUT2D eigenvalue weighted by Crippen LogP contribution is 2.11. The number of hydrogen-bond acceptors (Lipinski definition) is 6. The lowest BCUT2D eigenvalue weighted by atomic mass is 10.1. The van der Waals surface area contributed by atoms with Gasteiger partial charge in [0.05, 0.1) is 7.11 Å². The Bertz CT molecular complexity index is 345. The number of hydrogen-bond donors (Lipinski definition) is 2. The van der Waals surface area contributed by atoms with Gasteiger partial charge in [0.25, 0.3) is 0 Å². The van der Waals surface area contributed by atoms with Crippen molar-refractivity contribution in [2.75, 3.05) is 18.2 Å². The molecule has 1 atom stereocenters. The van der Waals surface area contributed by atoms with Gasteiger partial charge in [0.2, 0.25) is 11.9 Å². The fourth-order valence-electron chi connectivity index (χ4n) is 1.52. The second-order valence-electron chi connectivity index (χ2n) is 4.05. The van der Waals surface area contributed by atoms with Crippen LogP contribution in [0.5, 0.6) is 6.01 Å². The van der Waals surface area contributed by atoms with Crippen LogP contribution in [0.3, 0.4) is 0 Å². The van der Waals surface area contributed by atoms with E-state index in [9.17, 15) is 0 Å². The number of anilines is 2. The molecule has 0 aliphatic rings. The number of nitrogens with two attached hydrogens (primary N) is 1. The number of nitrogens with zero attached hydrogens (tertiary/aromatic N) is 3. The highest BCUT2D eigenvalue weighted by atomic mass is 16.5. The van der Waals surface area contributed by atoms with Crippen molar-refractivity contribution >= 4 is 11.9 Å². The van der Waals surface area contributed by atoms with Crippen molar-refractivity contribution in [3.05, 3.63) is 0 Å². The Morgan fingerprint density at radius 1 is 1.29 bits per heavy atom. The van der Waals surface area contributed by atoms with E-state index in [0.717, 1.165) is 6.42 Å². The van der Waals surface area contributed by atoms with Gasteiger partial charge in [-0.15, -0.1) is 0 Å². The summed E-state index contributed by atoms with van der Waals surface area (Å²) in [6.45, 7) is 4.29. The maximum Gasteiger partial charge on any atom is 0.322 e. The van der Waals surface area contributed by atoms with E-state index >= 15 is 0 Å². The van der Waals surface area contributed by atoms with Gasteiger partial charge < -0.3 is 15.8 Å². The first-order valence-electron chi connectivity index (χ1n) is 5.97. The van der Waals surface area contributed by atoms with E-state index in [-0.39, 0.29) is 12.0 Å². The van der Waals surface area contributed by atoms with Gasteiger partial charge in [0.1, 0.15) is 0 Å². The molecule has 1 aromatic heterocycles. The SMILES string of the molecule is CCCCCC(C)Nc1nc(N)nc(OC)n1. The molecule has 0 radical (unpaired) electrons. The van der Waals surface area contributed by atoms with Crippen LogP contribution < -0.4 is 15.8 Å². The highest BCUT2D eigenvalue weighted by Gasteiger charge is 2.07. The zero-order chi connectivity index (χ0) is 12.7. The molecule has 0 aromatic carbocycles. The molecule has 96 valence electrons. The van der Waals surface area contributed by atoms with Gasteiger partial charge in [-0.25, -0.2) is 0 Å². The normalized spacial score (nSPS) is 12.2. The van der Waals surface area contributed by atoms with E-state index in [2.05, 4.69) is 34.1 Å².